The van der Waals surface area contributed by atoms with Gasteiger partial charge in [0.2, 0.25) is 0 Å². The third-order valence-electron chi connectivity index (χ3n) is 2.73. The van der Waals surface area contributed by atoms with E-state index in [1.165, 1.54) is 4.88 Å². The van der Waals surface area contributed by atoms with Crippen molar-refractivity contribution >= 4 is 28.8 Å². The molecule has 1 unspecified atom stereocenters. The van der Waals surface area contributed by atoms with Crippen LogP contribution in [0.5, 0.6) is 0 Å². The van der Waals surface area contributed by atoms with E-state index in [1.54, 1.807) is 16.0 Å². The van der Waals surface area contributed by atoms with E-state index in [4.69, 9.17) is 17.3 Å². The van der Waals surface area contributed by atoms with Gasteiger partial charge in [-0.05, 0) is 27.7 Å². The number of nitrogens with zero attached hydrogens (tertiary/aromatic N) is 3. The standard InChI is InChI=1S/C11H15ClN4S/c1-5-9(12)11(13)16(15-5)7(3)10-6(2)14-8(4)17-10/h7H,13H2,1-4H3. The first-order valence-electron chi connectivity index (χ1n) is 5.35. The van der Waals surface area contributed by atoms with Gasteiger partial charge >= 0.3 is 0 Å². The van der Waals surface area contributed by atoms with Crippen LogP contribution in [0.15, 0.2) is 0 Å². The van der Waals surface area contributed by atoms with Crippen molar-refractivity contribution in [1.82, 2.24) is 14.8 Å². The maximum atomic E-state index is 6.05. The van der Waals surface area contributed by atoms with Gasteiger partial charge in [-0.3, -0.25) is 0 Å². The second kappa shape index (κ2) is 4.31. The molecule has 1 atom stereocenters. The Balaban J connectivity index is 2.47. The Kier molecular flexibility index (Phi) is 3.14. The minimum atomic E-state index is 0.0624. The quantitative estimate of drug-likeness (QED) is 0.912. The number of hydrogen-bond donors (Lipinski definition) is 1. The topological polar surface area (TPSA) is 56.7 Å². The summed E-state index contributed by atoms with van der Waals surface area (Å²) < 4.78 is 1.76. The Morgan fingerprint density at radius 1 is 1.29 bits per heavy atom. The van der Waals surface area contributed by atoms with Gasteiger partial charge in [-0.25, -0.2) is 9.67 Å². The molecule has 2 N–H and O–H groups in total. The van der Waals surface area contributed by atoms with Crippen molar-refractivity contribution in [2.75, 3.05) is 5.73 Å². The summed E-state index contributed by atoms with van der Waals surface area (Å²) in [6.45, 7) is 7.91. The lowest BCUT2D eigenvalue weighted by molar-refractivity contribution is 0.573. The monoisotopic (exact) mass is 270 g/mol. The molecular weight excluding hydrogens is 256 g/mol. The van der Waals surface area contributed by atoms with E-state index >= 15 is 0 Å². The summed E-state index contributed by atoms with van der Waals surface area (Å²) in [6, 6.07) is 0.0624. The third kappa shape index (κ3) is 2.05. The van der Waals surface area contributed by atoms with Crippen LogP contribution in [0.2, 0.25) is 5.02 Å². The van der Waals surface area contributed by atoms with Crippen LogP contribution in [0.3, 0.4) is 0 Å². The highest BCUT2D eigenvalue weighted by Crippen LogP contribution is 2.32. The fraction of sp³-hybridized carbons (Fsp3) is 0.455. The molecule has 2 aromatic heterocycles. The number of anilines is 1. The molecule has 0 saturated heterocycles. The lowest BCUT2D eigenvalue weighted by Crippen LogP contribution is -2.11. The zero-order valence-corrected chi connectivity index (χ0v) is 11.9. The van der Waals surface area contributed by atoms with Gasteiger partial charge in [-0.15, -0.1) is 11.3 Å². The molecule has 0 amide bonds. The van der Waals surface area contributed by atoms with E-state index < -0.39 is 0 Å². The minimum absolute atomic E-state index is 0.0624. The molecule has 0 radical (unpaired) electrons. The van der Waals surface area contributed by atoms with Gasteiger partial charge in [-0.2, -0.15) is 5.10 Å². The Bertz CT molecular complexity index is 558. The third-order valence-corrected chi connectivity index (χ3v) is 4.44. The van der Waals surface area contributed by atoms with Gasteiger partial charge < -0.3 is 5.73 Å². The molecule has 0 spiro atoms. The van der Waals surface area contributed by atoms with Gasteiger partial charge in [-0.1, -0.05) is 11.6 Å². The Morgan fingerprint density at radius 3 is 2.35 bits per heavy atom. The minimum Gasteiger partial charge on any atom is -0.383 e. The van der Waals surface area contributed by atoms with Crippen LogP contribution in [0, 0.1) is 20.8 Å². The molecule has 4 nitrogen and oxygen atoms in total. The molecule has 0 fully saturated rings. The second-order valence-electron chi connectivity index (χ2n) is 4.09. The van der Waals surface area contributed by atoms with Gasteiger partial charge in [0.25, 0.3) is 0 Å². The van der Waals surface area contributed by atoms with E-state index in [-0.39, 0.29) is 6.04 Å². The fourth-order valence-corrected chi connectivity index (χ4v) is 2.98. The fourth-order valence-electron chi connectivity index (χ4n) is 1.89. The number of nitrogen functional groups attached to an aromatic ring is 1. The van der Waals surface area contributed by atoms with Gasteiger partial charge in [0.15, 0.2) is 0 Å². The lowest BCUT2D eigenvalue weighted by Gasteiger charge is -2.12. The Hall–Kier alpha value is -1.07. The summed E-state index contributed by atoms with van der Waals surface area (Å²) in [5.74, 6) is 0.516. The molecule has 6 heteroatoms. The summed E-state index contributed by atoms with van der Waals surface area (Å²) in [4.78, 5) is 5.59. The summed E-state index contributed by atoms with van der Waals surface area (Å²) in [6.07, 6.45) is 0. The summed E-state index contributed by atoms with van der Waals surface area (Å²) in [5.41, 5.74) is 7.74. The number of hydrogen-bond acceptors (Lipinski definition) is 4. The number of halogens is 1. The summed E-state index contributed by atoms with van der Waals surface area (Å²) in [7, 11) is 0. The van der Waals surface area contributed by atoms with E-state index in [0.717, 1.165) is 16.4 Å². The van der Waals surface area contributed by atoms with Crippen molar-refractivity contribution in [1.29, 1.82) is 0 Å². The second-order valence-corrected chi connectivity index (χ2v) is 5.70. The highest BCUT2D eigenvalue weighted by molar-refractivity contribution is 7.11. The van der Waals surface area contributed by atoms with Gasteiger partial charge in [0, 0.05) is 0 Å². The molecule has 92 valence electrons. The van der Waals surface area contributed by atoms with E-state index in [0.29, 0.717) is 10.8 Å². The van der Waals surface area contributed by atoms with Crippen molar-refractivity contribution in [3.05, 3.63) is 26.3 Å². The van der Waals surface area contributed by atoms with Crippen LogP contribution in [0.4, 0.5) is 5.82 Å². The van der Waals surface area contributed by atoms with E-state index in [2.05, 4.69) is 17.0 Å². The van der Waals surface area contributed by atoms with Crippen molar-refractivity contribution in [3.8, 4) is 0 Å². The number of thiazole rings is 1. The van der Waals surface area contributed by atoms with Crippen molar-refractivity contribution in [2.45, 2.75) is 33.7 Å². The smallest absolute Gasteiger partial charge is 0.141 e. The molecule has 0 aliphatic rings. The lowest BCUT2D eigenvalue weighted by atomic mass is 10.2. The van der Waals surface area contributed by atoms with Crippen LogP contribution in [0.25, 0.3) is 0 Å². The first-order valence-corrected chi connectivity index (χ1v) is 6.55. The molecule has 2 rings (SSSR count). The predicted octanol–water partition coefficient (Wildman–Crippen LogP) is 3.11. The SMILES string of the molecule is Cc1nc(C)c(C(C)n2nc(C)c(Cl)c2N)s1. The molecule has 0 aliphatic carbocycles. The maximum absolute atomic E-state index is 6.05. The first-order chi connectivity index (χ1) is 7.91. The van der Waals surface area contributed by atoms with Crippen molar-refractivity contribution < 1.29 is 0 Å². The van der Waals surface area contributed by atoms with E-state index in [1.807, 2.05) is 20.8 Å². The zero-order valence-electron chi connectivity index (χ0n) is 10.3. The highest BCUT2D eigenvalue weighted by atomic mass is 35.5. The number of rotatable bonds is 2. The van der Waals surface area contributed by atoms with Crippen LogP contribution in [-0.4, -0.2) is 14.8 Å². The van der Waals surface area contributed by atoms with Crippen LogP contribution in [-0.2, 0) is 0 Å². The van der Waals surface area contributed by atoms with Gasteiger partial charge in [0.1, 0.15) is 10.8 Å². The molecule has 2 aromatic rings. The molecule has 0 saturated carbocycles. The van der Waals surface area contributed by atoms with Crippen molar-refractivity contribution in [2.24, 2.45) is 0 Å². The predicted molar refractivity (Wildman–Crippen MR) is 71.8 cm³/mol. The Morgan fingerprint density at radius 2 is 1.94 bits per heavy atom. The molecule has 17 heavy (non-hydrogen) atoms. The molecule has 0 bridgehead atoms. The normalized spacial score (nSPS) is 13.0. The largest absolute Gasteiger partial charge is 0.383 e. The summed E-state index contributed by atoms with van der Waals surface area (Å²) >= 11 is 7.72. The molecular formula is C11H15ClN4S. The van der Waals surface area contributed by atoms with Crippen LogP contribution < -0.4 is 5.73 Å². The average Bonchev–Trinajstić information content (AvgIpc) is 2.72. The number of aryl methyl sites for hydroxylation is 3. The average molecular weight is 271 g/mol. The maximum Gasteiger partial charge on any atom is 0.141 e. The van der Waals surface area contributed by atoms with E-state index in [9.17, 15) is 0 Å². The number of aromatic nitrogens is 3. The molecule has 0 aromatic carbocycles. The highest BCUT2D eigenvalue weighted by Gasteiger charge is 2.20. The van der Waals surface area contributed by atoms with Gasteiger partial charge in [0.05, 0.1) is 27.3 Å². The van der Waals surface area contributed by atoms with Crippen LogP contribution in [0.1, 0.15) is 34.2 Å². The number of nitrogens with two attached hydrogens (primary N) is 1. The first kappa shape index (κ1) is 12.4. The van der Waals surface area contributed by atoms with Crippen LogP contribution >= 0.6 is 22.9 Å². The Labute approximate surface area is 109 Å². The summed E-state index contributed by atoms with van der Waals surface area (Å²) in [5, 5.41) is 5.97. The molecule has 0 aliphatic heterocycles. The van der Waals surface area contributed by atoms with Crippen molar-refractivity contribution in [3.63, 3.8) is 0 Å². The zero-order chi connectivity index (χ0) is 12.7. The molecule has 2 heterocycles.